The van der Waals surface area contributed by atoms with E-state index in [-0.39, 0.29) is 23.4 Å². The first-order chi connectivity index (χ1) is 14.1. The molecule has 0 N–H and O–H groups in total. The number of nitriles is 1. The highest BCUT2D eigenvalue weighted by Crippen LogP contribution is 2.37. The highest BCUT2D eigenvalue weighted by molar-refractivity contribution is 5.78. The van der Waals surface area contributed by atoms with Crippen molar-refractivity contribution in [1.82, 2.24) is 15.0 Å². The number of aromatic nitrogens is 2. The third-order valence-electron chi connectivity index (χ3n) is 5.89. The van der Waals surface area contributed by atoms with Crippen molar-refractivity contribution < 1.29 is 14.0 Å². The van der Waals surface area contributed by atoms with Gasteiger partial charge in [0.05, 0.1) is 24.3 Å². The number of carbonyl (C=O) groups excluding carboxylic acids is 1. The topological polar surface area (TPSA) is 79.1 Å². The van der Waals surface area contributed by atoms with Gasteiger partial charge in [-0.2, -0.15) is 5.26 Å². The summed E-state index contributed by atoms with van der Waals surface area (Å²) in [4.78, 5) is 26.9. The molecular weight excluding hydrogens is 371 g/mol. The Bertz CT molecular complexity index is 907. The number of carbonyl (C=O) groups is 1. The molecule has 1 aliphatic carbocycles. The van der Waals surface area contributed by atoms with Gasteiger partial charge >= 0.3 is 0 Å². The van der Waals surface area contributed by atoms with Gasteiger partial charge in [-0.1, -0.05) is 0 Å². The molecule has 29 heavy (non-hydrogen) atoms. The van der Waals surface area contributed by atoms with Crippen LogP contribution in [0.1, 0.15) is 54.8 Å². The number of rotatable bonds is 4. The van der Waals surface area contributed by atoms with Crippen LogP contribution >= 0.6 is 0 Å². The molecule has 0 radical (unpaired) electrons. The van der Waals surface area contributed by atoms with E-state index in [1.165, 1.54) is 23.5 Å². The number of amides is 1. The number of hydroxylamine groups is 2. The fourth-order valence-corrected chi connectivity index (χ4v) is 4.42. The molecule has 7 heteroatoms. The first-order valence-corrected chi connectivity index (χ1v) is 10.0. The summed E-state index contributed by atoms with van der Waals surface area (Å²) in [5.41, 5.74) is 2.00. The van der Waals surface area contributed by atoms with Gasteiger partial charge in [0.25, 0.3) is 0 Å². The average molecular weight is 394 g/mol. The predicted molar refractivity (Wildman–Crippen MR) is 102 cm³/mol. The van der Waals surface area contributed by atoms with Crippen LogP contribution in [0.25, 0.3) is 0 Å². The second-order valence-electron chi connectivity index (χ2n) is 7.86. The Morgan fingerprint density at radius 1 is 1.17 bits per heavy atom. The van der Waals surface area contributed by atoms with Crippen molar-refractivity contribution >= 4 is 5.91 Å². The lowest BCUT2D eigenvalue weighted by atomic mass is 9.79. The summed E-state index contributed by atoms with van der Waals surface area (Å²) in [5, 5.41) is 10.5. The number of benzene rings is 1. The van der Waals surface area contributed by atoms with Gasteiger partial charge in [-0.25, -0.2) is 19.4 Å². The zero-order chi connectivity index (χ0) is 20.2. The van der Waals surface area contributed by atoms with E-state index < -0.39 is 5.82 Å². The molecule has 2 aliphatic rings. The third kappa shape index (κ3) is 4.43. The van der Waals surface area contributed by atoms with E-state index in [2.05, 4.69) is 9.97 Å². The summed E-state index contributed by atoms with van der Waals surface area (Å²) in [5.74, 6) is -0.0508. The van der Waals surface area contributed by atoms with Crippen molar-refractivity contribution in [3.8, 4) is 6.07 Å². The van der Waals surface area contributed by atoms with Crippen LogP contribution in [0.15, 0.2) is 36.9 Å². The highest BCUT2D eigenvalue weighted by atomic mass is 19.1. The molecule has 4 rings (SSSR count). The molecule has 2 aromatic rings. The SMILES string of the molecule is N#Cc1cc(F)cc([C@@H]2CCON2C(=O)C2CCC(Cc3cncnc3)CC2)c1. The molecule has 1 aromatic heterocycles. The van der Waals surface area contributed by atoms with Gasteiger partial charge in [0.15, 0.2) is 0 Å². The number of hydrogen-bond acceptors (Lipinski definition) is 5. The minimum Gasteiger partial charge on any atom is -0.272 e. The van der Waals surface area contributed by atoms with Crippen LogP contribution < -0.4 is 0 Å². The van der Waals surface area contributed by atoms with Crippen LogP contribution in [0, 0.1) is 29.0 Å². The van der Waals surface area contributed by atoms with Crippen molar-refractivity contribution in [3.63, 3.8) is 0 Å². The zero-order valence-corrected chi connectivity index (χ0v) is 16.1. The molecular formula is C22H23FN4O2. The first kappa shape index (κ1) is 19.5. The molecule has 1 aliphatic heterocycles. The quantitative estimate of drug-likeness (QED) is 0.789. The lowest BCUT2D eigenvalue weighted by Crippen LogP contribution is -2.36. The molecule has 1 aromatic carbocycles. The van der Waals surface area contributed by atoms with E-state index in [1.54, 1.807) is 6.07 Å². The molecule has 0 spiro atoms. The minimum absolute atomic E-state index is 0.0308. The molecule has 1 atom stereocenters. The van der Waals surface area contributed by atoms with Crippen LogP contribution in [-0.4, -0.2) is 27.5 Å². The molecule has 0 bridgehead atoms. The Morgan fingerprint density at radius 3 is 2.66 bits per heavy atom. The van der Waals surface area contributed by atoms with Gasteiger partial charge in [0.2, 0.25) is 5.91 Å². The Hall–Kier alpha value is -2.85. The van der Waals surface area contributed by atoms with Crippen molar-refractivity contribution in [2.75, 3.05) is 6.61 Å². The molecule has 150 valence electrons. The van der Waals surface area contributed by atoms with E-state index >= 15 is 0 Å². The fourth-order valence-electron chi connectivity index (χ4n) is 4.42. The molecule has 1 amide bonds. The van der Waals surface area contributed by atoms with E-state index in [0.717, 1.165) is 37.7 Å². The largest absolute Gasteiger partial charge is 0.272 e. The first-order valence-electron chi connectivity index (χ1n) is 10.0. The Labute approximate surface area is 169 Å². The number of halogens is 1. The second-order valence-corrected chi connectivity index (χ2v) is 7.86. The molecule has 1 saturated carbocycles. The lowest BCUT2D eigenvalue weighted by Gasteiger charge is -2.32. The van der Waals surface area contributed by atoms with E-state index in [9.17, 15) is 9.18 Å². The molecule has 0 unspecified atom stereocenters. The van der Waals surface area contributed by atoms with Crippen LogP contribution in [0.5, 0.6) is 0 Å². The Balaban J connectivity index is 1.39. The predicted octanol–water partition coefficient (Wildman–Crippen LogP) is 3.74. The Morgan fingerprint density at radius 2 is 1.93 bits per heavy atom. The maximum Gasteiger partial charge on any atom is 0.249 e. The second kappa shape index (κ2) is 8.66. The normalized spacial score (nSPS) is 24.3. The van der Waals surface area contributed by atoms with Gasteiger partial charge in [-0.15, -0.1) is 0 Å². The zero-order valence-electron chi connectivity index (χ0n) is 16.1. The summed E-state index contributed by atoms with van der Waals surface area (Å²) in [6.45, 7) is 0.415. The molecule has 2 heterocycles. The minimum atomic E-state index is -0.469. The van der Waals surface area contributed by atoms with Crippen molar-refractivity contribution in [2.24, 2.45) is 11.8 Å². The molecule has 1 saturated heterocycles. The van der Waals surface area contributed by atoms with Crippen LogP contribution in [0.4, 0.5) is 4.39 Å². The highest BCUT2D eigenvalue weighted by Gasteiger charge is 2.37. The molecule has 6 nitrogen and oxygen atoms in total. The number of nitrogens with zero attached hydrogens (tertiary/aromatic N) is 4. The summed E-state index contributed by atoms with van der Waals surface area (Å²) >= 11 is 0. The van der Waals surface area contributed by atoms with Gasteiger partial charge < -0.3 is 0 Å². The third-order valence-corrected chi connectivity index (χ3v) is 5.89. The summed E-state index contributed by atoms with van der Waals surface area (Å²) in [6, 6.07) is 5.86. The summed E-state index contributed by atoms with van der Waals surface area (Å²) in [7, 11) is 0. The van der Waals surface area contributed by atoms with E-state index in [4.69, 9.17) is 10.1 Å². The van der Waals surface area contributed by atoms with Crippen molar-refractivity contribution in [2.45, 2.75) is 44.6 Å². The van der Waals surface area contributed by atoms with Crippen LogP contribution in [-0.2, 0) is 16.1 Å². The average Bonchev–Trinajstić information content (AvgIpc) is 3.24. The van der Waals surface area contributed by atoms with Crippen LogP contribution in [0.3, 0.4) is 0 Å². The lowest BCUT2D eigenvalue weighted by molar-refractivity contribution is -0.183. The van der Waals surface area contributed by atoms with Crippen molar-refractivity contribution in [1.29, 1.82) is 5.26 Å². The maximum atomic E-state index is 13.9. The van der Waals surface area contributed by atoms with Gasteiger partial charge in [0.1, 0.15) is 12.1 Å². The fraction of sp³-hybridized carbons (Fsp3) is 0.455. The monoisotopic (exact) mass is 394 g/mol. The Kier molecular flexibility index (Phi) is 5.81. The van der Waals surface area contributed by atoms with Gasteiger partial charge in [0, 0.05) is 24.7 Å². The maximum absolute atomic E-state index is 13.9. The molecule has 2 fully saturated rings. The van der Waals surface area contributed by atoms with Crippen LogP contribution in [0.2, 0.25) is 0 Å². The van der Waals surface area contributed by atoms with Gasteiger partial charge in [-0.3, -0.25) is 9.63 Å². The summed E-state index contributed by atoms with van der Waals surface area (Å²) in [6.07, 6.45) is 10.3. The van der Waals surface area contributed by atoms with Crippen molar-refractivity contribution in [3.05, 3.63) is 59.4 Å². The number of hydrogen-bond donors (Lipinski definition) is 0. The van der Waals surface area contributed by atoms with E-state index in [0.29, 0.717) is 24.5 Å². The standard InChI is InChI=1S/C22H23FN4O2/c23-20-9-16(11-24)8-19(10-20)21-5-6-29-27(21)22(28)18-3-1-15(2-4-18)7-17-12-25-14-26-13-17/h8-10,12-15,18,21H,1-7H2/t15?,18?,21-/m0/s1. The van der Waals surface area contributed by atoms with Gasteiger partial charge in [-0.05, 0) is 67.3 Å². The van der Waals surface area contributed by atoms with E-state index in [1.807, 2.05) is 18.5 Å². The smallest absolute Gasteiger partial charge is 0.249 e. The summed E-state index contributed by atoms with van der Waals surface area (Å²) < 4.78 is 13.9.